The molecule has 1 aromatic heterocycles. The number of H-pyrrole nitrogens is 1. The SMILES string of the molecule is O=C(NCCSCc1ccccc1)c1ccc(=O)[nH]n1. The first-order chi connectivity index (χ1) is 9.75. The van der Waals surface area contributed by atoms with Gasteiger partial charge in [-0.3, -0.25) is 9.59 Å². The highest BCUT2D eigenvalue weighted by Gasteiger charge is 2.05. The first-order valence-corrected chi connectivity index (χ1v) is 7.37. The molecule has 1 amide bonds. The minimum absolute atomic E-state index is 0.220. The Labute approximate surface area is 120 Å². The minimum atomic E-state index is -0.319. The van der Waals surface area contributed by atoms with Gasteiger partial charge < -0.3 is 5.32 Å². The summed E-state index contributed by atoms with van der Waals surface area (Å²) in [5.74, 6) is 1.47. The van der Waals surface area contributed by atoms with E-state index in [-0.39, 0.29) is 17.2 Å². The van der Waals surface area contributed by atoms with Crippen LogP contribution in [-0.2, 0) is 5.75 Å². The third-order valence-corrected chi connectivity index (χ3v) is 3.59. The Balaban J connectivity index is 1.67. The quantitative estimate of drug-likeness (QED) is 0.789. The van der Waals surface area contributed by atoms with Gasteiger partial charge in [-0.15, -0.1) is 0 Å². The van der Waals surface area contributed by atoms with Crippen molar-refractivity contribution in [3.05, 3.63) is 64.1 Å². The van der Waals surface area contributed by atoms with Crippen molar-refractivity contribution in [3.63, 3.8) is 0 Å². The van der Waals surface area contributed by atoms with Gasteiger partial charge in [0.25, 0.3) is 11.5 Å². The Hall–Kier alpha value is -2.08. The Morgan fingerprint density at radius 3 is 2.70 bits per heavy atom. The molecule has 6 heteroatoms. The molecule has 0 aliphatic heterocycles. The summed E-state index contributed by atoms with van der Waals surface area (Å²) >= 11 is 1.75. The minimum Gasteiger partial charge on any atom is -0.350 e. The van der Waals surface area contributed by atoms with Crippen LogP contribution >= 0.6 is 11.8 Å². The number of carbonyl (C=O) groups excluding carboxylic acids is 1. The van der Waals surface area contributed by atoms with Crippen LogP contribution in [0.15, 0.2) is 47.3 Å². The Bertz CT molecular complexity index is 593. The van der Waals surface area contributed by atoms with Crippen molar-refractivity contribution in [1.82, 2.24) is 15.5 Å². The normalized spacial score (nSPS) is 10.2. The van der Waals surface area contributed by atoms with Crippen LogP contribution in [0.25, 0.3) is 0 Å². The highest BCUT2D eigenvalue weighted by Crippen LogP contribution is 2.10. The number of amides is 1. The predicted octanol–water partition coefficient (Wildman–Crippen LogP) is 1.43. The van der Waals surface area contributed by atoms with Crippen molar-refractivity contribution in [2.45, 2.75) is 5.75 Å². The zero-order chi connectivity index (χ0) is 14.2. The maximum atomic E-state index is 11.7. The highest BCUT2D eigenvalue weighted by molar-refractivity contribution is 7.98. The average Bonchev–Trinajstić information content (AvgIpc) is 2.48. The third-order valence-electron chi connectivity index (χ3n) is 2.56. The van der Waals surface area contributed by atoms with Crippen LogP contribution in [-0.4, -0.2) is 28.4 Å². The second kappa shape index (κ2) is 7.49. The number of nitrogens with zero attached hydrogens (tertiary/aromatic N) is 1. The summed E-state index contributed by atoms with van der Waals surface area (Å²) in [7, 11) is 0. The van der Waals surface area contributed by atoms with E-state index in [2.05, 4.69) is 27.6 Å². The molecule has 20 heavy (non-hydrogen) atoms. The van der Waals surface area contributed by atoms with Gasteiger partial charge >= 0.3 is 0 Å². The molecule has 1 aromatic carbocycles. The highest BCUT2D eigenvalue weighted by atomic mass is 32.2. The Morgan fingerprint density at radius 1 is 1.20 bits per heavy atom. The van der Waals surface area contributed by atoms with E-state index in [9.17, 15) is 9.59 Å². The molecule has 1 heterocycles. The molecule has 0 aliphatic rings. The second-order valence-corrected chi connectivity index (χ2v) is 5.21. The van der Waals surface area contributed by atoms with Crippen LogP contribution in [0.5, 0.6) is 0 Å². The number of hydrogen-bond donors (Lipinski definition) is 2. The number of rotatable bonds is 6. The van der Waals surface area contributed by atoms with E-state index in [4.69, 9.17) is 0 Å². The molecule has 0 radical (unpaired) electrons. The van der Waals surface area contributed by atoms with Crippen LogP contribution in [0.3, 0.4) is 0 Å². The summed E-state index contributed by atoms with van der Waals surface area (Å²) in [6.45, 7) is 0.567. The molecule has 0 unspecified atom stereocenters. The molecule has 0 atom stereocenters. The van der Waals surface area contributed by atoms with Crippen LogP contribution in [0.2, 0.25) is 0 Å². The predicted molar refractivity (Wildman–Crippen MR) is 79.8 cm³/mol. The maximum absolute atomic E-state index is 11.7. The molecule has 104 valence electrons. The van der Waals surface area contributed by atoms with E-state index >= 15 is 0 Å². The van der Waals surface area contributed by atoms with Gasteiger partial charge in [-0.05, 0) is 11.6 Å². The number of aromatic nitrogens is 2. The standard InChI is InChI=1S/C14H15N3O2S/c18-13-7-6-12(16-17-13)14(19)15-8-9-20-10-11-4-2-1-3-5-11/h1-7H,8-10H2,(H,15,19)(H,17,18). The number of hydrogen-bond acceptors (Lipinski definition) is 4. The van der Waals surface area contributed by atoms with E-state index < -0.39 is 0 Å². The van der Waals surface area contributed by atoms with E-state index in [1.807, 2.05) is 18.2 Å². The molecule has 5 nitrogen and oxygen atoms in total. The summed E-state index contributed by atoms with van der Waals surface area (Å²) in [5.41, 5.74) is 1.17. The first kappa shape index (κ1) is 14.3. The number of aromatic amines is 1. The summed E-state index contributed by atoms with van der Waals surface area (Å²) in [5, 5.41) is 8.66. The Morgan fingerprint density at radius 2 is 2.00 bits per heavy atom. The fraction of sp³-hybridized carbons (Fsp3) is 0.214. The molecule has 2 aromatic rings. The lowest BCUT2D eigenvalue weighted by atomic mass is 10.2. The van der Waals surface area contributed by atoms with Gasteiger partial charge in [0.1, 0.15) is 5.69 Å². The molecule has 2 N–H and O–H groups in total. The average molecular weight is 289 g/mol. The van der Waals surface area contributed by atoms with E-state index in [0.717, 1.165) is 11.5 Å². The first-order valence-electron chi connectivity index (χ1n) is 6.21. The lowest BCUT2D eigenvalue weighted by Crippen LogP contribution is -2.27. The lowest BCUT2D eigenvalue weighted by molar-refractivity contribution is 0.0950. The van der Waals surface area contributed by atoms with E-state index in [1.54, 1.807) is 11.8 Å². The summed E-state index contributed by atoms with van der Waals surface area (Å²) in [4.78, 5) is 22.5. The zero-order valence-electron chi connectivity index (χ0n) is 10.8. The van der Waals surface area contributed by atoms with Gasteiger partial charge in [-0.2, -0.15) is 16.9 Å². The summed E-state index contributed by atoms with van der Waals surface area (Å²) < 4.78 is 0. The van der Waals surface area contributed by atoms with Crippen molar-refractivity contribution < 1.29 is 4.79 Å². The van der Waals surface area contributed by atoms with Crippen molar-refractivity contribution >= 4 is 17.7 Å². The molecular weight excluding hydrogens is 274 g/mol. The molecule has 0 bridgehead atoms. The summed E-state index contributed by atoms with van der Waals surface area (Å²) in [6, 6.07) is 12.9. The van der Waals surface area contributed by atoms with Gasteiger partial charge in [0.2, 0.25) is 0 Å². The smallest absolute Gasteiger partial charge is 0.271 e. The van der Waals surface area contributed by atoms with Gasteiger partial charge in [-0.25, -0.2) is 5.10 Å². The van der Waals surface area contributed by atoms with Crippen LogP contribution in [0.4, 0.5) is 0 Å². The third kappa shape index (κ3) is 4.55. The van der Waals surface area contributed by atoms with Crippen molar-refractivity contribution in [2.75, 3.05) is 12.3 Å². The largest absolute Gasteiger partial charge is 0.350 e. The molecule has 0 aliphatic carbocycles. The molecule has 0 saturated heterocycles. The van der Waals surface area contributed by atoms with Crippen LogP contribution in [0, 0.1) is 0 Å². The van der Waals surface area contributed by atoms with Crippen molar-refractivity contribution in [2.24, 2.45) is 0 Å². The fourth-order valence-electron chi connectivity index (χ4n) is 1.56. The van der Waals surface area contributed by atoms with Crippen molar-refractivity contribution in [1.29, 1.82) is 0 Å². The molecule has 0 saturated carbocycles. The van der Waals surface area contributed by atoms with Crippen molar-refractivity contribution in [3.8, 4) is 0 Å². The van der Waals surface area contributed by atoms with E-state index in [0.29, 0.717) is 6.54 Å². The molecule has 0 fully saturated rings. The zero-order valence-corrected chi connectivity index (χ0v) is 11.7. The van der Waals surface area contributed by atoms with Gasteiger partial charge in [0.15, 0.2) is 0 Å². The van der Waals surface area contributed by atoms with Gasteiger partial charge in [0.05, 0.1) is 0 Å². The monoisotopic (exact) mass is 289 g/mol. The Kier molecular flexibility index (Phi) is 5.37. The molecular formula is C14H15N3O2S. The second-order valence-electron chi connectivity index (χ2n) is 4.10. The maximum Gasteiger partial charge on any atom is 0.271 e. The number of nitrogens with one attached hydrogen (secondary N) is 2. The molecule has 0 spiro atoms. The fourth-order valence-corrected chi connectivity index (χ4v) is 2.38. The van der Waals surface area contributed by atoms with Crippen LogP contribution in [0.1, 0.15) is 16.1 Å². The number of benzene rings is 1. The molecule has 2 rings (SSSR count). The topological polar surface area (TPSA) is 74.8 Å². The lowest BCUT2D eigenvalue weighted by Gasteiger charge is -2.04. The van der Waals surface area contributed by atoms with E-state index in [1.165, 1.54) is 17.7 Å². The number of carbonyl (C=O) groups is 1. The van der Waals surface area contributed by atoms with Crippen LogP contribution < -0.4 is 10.9 Å². The summed E-state index contributed by atoms with van der Waals surface area (Å²) in [6.07, 6.45) is 0. The van der Waals surface area contributed by atoms with Gasteiger partial charge in [0, 0.05) is 24.1 Å². The van der Waals surface area contributed by atoms with Gasteiger partial charge in [-0.1, -0.05) is 30.3 Å². The number of thioether (sulfide) groups is 1.